The minimum Gasteiger partial charge on any atom is -0.341 e. The number of nitrogens with one attached hydrogen (secondary N) is 2. The molecule has 0 aliphatic carbocycles. The van der Waals surface area contributed by atoms with Gasteiger partial charge in [-0.05, 0) is 24.1 Å². The van der Waals surface area contributed by atoms with Crippen LogP contribution in [0.2, 0.25) is 0 Å². The number of aromatic amines is 1. The maximum atomic E-state index is 12.6. The van der Waals surface area contributed by atoms with Crippen molar-refractivity contribution < 1.29 is 4.79 Å². The molecule has 3 aromatic rings. The molecule has 1 aliphatic rings. The molecule has 25 heavy (non-hydrogen) atoms. The molecule has 1 saturated heterocycles. The number of nitrogens with zero attached hydrogens (tertiary/aromatic N) is 2. The van der Waals surface area contributed by atoms with Crippen LogP contribution in [0, 0.1) is 0 Å². The molecule has 4 rings (SSSR count). The second-order valence-corrected chi connectivity index (χ2v) is 6.47. The number of fused-ring (bicyclic) bond motifs is 1. The van der Waals surface area contributed by atoms with E-state index in [4.69, 9.17) is 0 Å². The van der Waals surface area contributed by atoms with Crippen LogP contribution in [0.25, 0.3) is 11.0 Å². The summed E-state index contributed by atoms with van der Waals surface area (Å²) in [6, 6.07) is 18.2. The summed E-state index contributed by atoms with van der Waals surface area (Å²) in [6.45, 7) is 2.20. The first-order valence-corrected chi connectivity index (χ1v) is 8.79. The summed E-state index contributed by atoms with van der Waals surface area (Å²) in [5, 5.41) is 3.47. The Morgan fingerprint density at radius 3 is 2.76 bits per heavy atom. The van der Waals surface area contributed by atoms with Crippen LogP contribution in [0.3, 0.4) is 0 Å². The quantitative estimate of drug-likeness (QED) is 0.771. The maximum Gasteiger partial charge on any atom is 0.223 e. The molecular formula is C20H22N4O. The van der Waals surface area contributed by atoms with Crippen molar-refractivity contribution in [2.45, 2.75) is 18.9 Å². The van der Waals surface area contributed by atoms with E-state index in [1.807, 2.05) is 47.4 Å². The van der Waals surface area contributed by atoms with E-state index in [0.29, 0.717) is 13.0 Å². The molecule has 2 N–H and O–H groups in total. The first-order chi connectivity index (χ1) is 12.3. The number of hydrogen-bond acceptors (Lipinski definition) is 3. The van der Waals surface area contributed by atoms with Crippen LogP contribution in [-0.4, -0.2) is 40.4 Å². The highest BCUT2D eigenvalue weighted by Gasteiger charge is 2.26. The number of benzene rings is 2. The number of hydrogen-bond donors (Lipinski definition) is 2. The predicted octanol–water partition coefficient (Wildman–Crippen LogP) is 2.67. The van der Waals surface area contributed by atoms with E-state index in [9.17, 15) is 4.79 Å². The van der Waals surface area contributed by atoms with E-state index >= 15 is 0 Å². The summed E-state index contributed by atoms with van der Waals surface area (Å²) in [6.07, 6.45) is 1.34. The molecule has 0 radical (unpaired) electrons. The van der Waals surface area contributed by atoms with Gasteiger partial charge in [0.15, 0.2) is 0 Å². The van der Waals surface area contributed by atoms with E-state index in [2.05, 4.69) is 27.4 Å². The minimum atomic E-state index is 0.0572. The van der Waals surface area contributed by atoms with Gasteiger partial charge >= 0.3 is 0 Å². The average molecular weight is 334 g/mol. The van der Waals surface area contributed by atoms with Gasteiger partial charge in [-0.25, -0.2) is 4.98 Å². The molecule has 0 bridgehead atoms. The Bertz CT molecular complexity index is 825. The maximum absolute atomic E-state index is 12.6. The van der Waals surface area contributed by atoms with Crippen molar-refractivity contribution in [3.8, 4) is 0 Å². The number of H-pyrrole nitrogens is 1. The van der Waals surface area contributed by atoms with Crippen molar-refractivity contribution in [1.29, 1.82) is 0 Å². The van der Waals surface area contributed by atoms with Gasteiger partial charge in [0.05, 0.1) is 17.1 Å². The molecule has 1 unspecified atom stereocenters. The van der Waals surface area contributed by atoms with Crippen LogP contribution in [-0.2, 0) is 11.2 Å². The standard InChI is InChI=1S/C20H22N4O/c25-19(11-10-15-6-2-1-3-7-15)24-13-12-21-18(14-24)20-22-16-8-4-5-9-17(16)23-20/h1-9,18,21H,10-14H2,(H,22,23). The van der Waals surface area contributed by atoms with Gasteiger partial charge in [0.1, 0.15) is 5.82 Å². The molecule has 0 spiro atoms. The van der Waals surface area contributed by atoms with Crippen molar-refractivity contribution >= 4 is 16.9 Å². The van der Waals surface area contributed by atoms with Crippen LogP contribution in [0.1, 0.15) is 23.9 Å². The van der Waals surface area contributed by atoms with Crippen molar-refractivity contribution in [1.82, 2.24) is 20.2 Å². The van der Waals surface area contributed by atoms with Crippen molar-refractivity contribution in [2.24, 2.45) is 0 Å². The highest BCUT2D eigenvalue weighted by atomic mass is 16.2. The van der Waals surface area contributed by atoms with Crippen LogP contribution < -0.4 is 5.32 Å². The fourth-order valence-corrected chi connectivity index (χ4v) is 3.35. The van der Waals surface area contributed by atoms with Gasteiger partial charge in [0, 0.05) is 26.1 Å². The zero-order chi connectivity index (χ0) is 17.1. The van der Waals surface area contributed by atoms with E-state index in [-0.39, 0.29) is 11.9 Å². The van der Waals surface area contributed by atoms with E-state index in [1.165, 1.54) is 5.56 Å². The third kappa shape index (κ3) is 3.56. The monoisotopic (exact) mass is 334 g/mol. The first-order valence-electron chi connectivity index (χ1n) is 8.79. The van der Waals surface area contributed by atoms with Crippen molar-refractivity contribution in [2.75, 3.05) is 19.6 Å². The lowest BCUT2D eigenvalue weighted by Crippen LogP contribution is -2.48. The Balaban J connectivity index is 1.41. The molecule has 5 heteroatoms. The summed E-state index contributed by atoms with van der Waals surface area (Å²) in [5.41, 5.74) is 3.21. The van der Waals surface area contributed by atoms with Gasteiger partial charge in [-0.1, -0.05) is 42.5 Å². The smallest absolute Gasteiger partial charge is 0.223 e. The van der Waals surface area contributed by atoms with Crippen molar-refractivity contribution in [3.63, 3.8) is 0 Å². The number of rotatable bonds is 4. The van der Waals surface area contributed by atoms with Crippen LogP contribution in [0.4, 0.5) is 0 Å². The van der Waals surface area contributed by atoms with E-state index in [1.54, 1.807) is 0 Å². The second-order valence-electron chi connectivity index (χ2n) is 6.47. The van der Waals surface area contributed by atoms with Gasteiger partial charge in [-0.15, -0.1) is 0 Å². The Hall–Kier alpha value is -2.66. The zero-order valence-corrected chi connectivity index (χ0v) is 14.1. The number of piperazine rings is 1. The molecule has 2 aromatic carbocycles. The predicted molar refractivity (Wildman–Crippen MR) is 98.2 cm³/mol. The van der Waals surface area contributed by atoms with Gasteiger partial charge < -0.3 is 15.2 Å². The summed E-state index contributed by atoms with van der Waals surface area (Å²) >= 11 is 0. The molecule has 2 heterocycles. The Morgan fingerprint density at radius 1 is 1.12 bits per heavy atom. The van der Waals surface area contributed by atoms with E-state index < -0.39 is 0 Å². The zero-order valence-electron chi connectivity index (χ0n) is 14.1. The highest BCUT2D eigenvalue weighted by molar-refractivity contribution is 5.77. The first kappa shape index (κ1) is 15.8. The number of carbonyl (C=O) groups excluding carboxylic acids is 1. The summed E-state index contributed by atoms with van der Waals surface area (Å²) in [4.78, 5) is 22.6. The summed E-state index contributed by atoms with van der Waals surface area (Å²) in [5.74, 6) is 1.12. The van der Waals surface area contributed by atoms with Gasteiger partial charge in [-0.3, -0.25) is 4.79 Å². The fraction of sp³-hybridized carbons (Fsp3) is 0.300. The molecule has 1 aliphatic heterocycles. The van der Waals surface area contributed by atoms with E-state index in [0.717, 1.165) is 36.4 Å². The molecule has 5 nitrogen and oxygen atoms in total. The number of aromatic nitrogens is 2. The topological polar surface area (TPSA) is 61.0 Å². The van der Waals surface area contributed by atoms with Gasteiger partial charge in [-0.2, -0.15) is 0 Å². The molecule has 128 valence electrons. The SMILES string of the molecule is O=C(CCc1ccccc1)N1CCNC(c2nc3ccccc3[nH]2)C1. The van der Waals surface area contributed by atoms with Gasteiger partial charge in [0.25, 0.3) is 0 Å². The number of imidazole rings is 1. The van der Waals surface area contributed by atoms with Crippen LogP contribution >= 0.6 is 0 Å². The molecule has 1 amide bonds. The molecule has 1 atom stereocenters. The Morgan fingerprint density at radius 2 is 1.92 bits per heavy atom. The normalized spacial score (nSPS) is 17.8. The third-order valence-electron chi connectivity index (χ3n) is 4.74. The number of aryl methyl sites for hydroxylation is 1. The second kappa shape index (κ2) is 7.07. The lowest BCUT2D eigenvalue weighted by molar-refractivity contribution is -0.132. The van der Waals surface area contributed by atoms with Crippen LogP contribution in [0.5, 0.6) is 0 Å². The summed E-state index contributed by atoms with van der Waals surface area (Å²) < 4.78 is 0. The average Bonchev–Trinajstić information content (AvgIpc) is 3.11. The Kier molecular flexibility index (Phi) is 4.48. The molecule has 0 saturated carbocycles. The number of amides is 1. The molecule has 1 fully saturated rings. The third-order valence-corrected chi connectivity index (χ3v) is 4.74. The summed E-state index contributed by atoms with van der Waals surface area (Å²) in [7, 11) is 0. The Labute approximate surface area is 147 Å². The minimum absolute atomic E-state index is 0.0572. The molecular weight excluding hydrogens is 312 g/mol. The highest BCUT2D eigenvalue weighted by Crippen LogP contribution is 2.19. The van der Waals surface area contributed by atoms with Crippen LogP contribution in [0.15, 0.2) is 54.6 Å². The van der Waals surface area contributed by atoms with Crippen molar-refractivity contribution in [3.05, 3.63) is 66.0 Å². The molecule has 1 aromatic heterocycles. The number of carbonyl (C=O) groups is 1. The lowest BCUT2D eigenvalue weighted by Gasteiger charge is -2.33. The largest absolute Gasteiger partial charge is 0.341 e. The lowest BCUT2D eigenvalue weighted by atomic mass is 10.1. The van der Waals surface area contributed by atoms with Gasteiger partial charge in [0.2, 0.25) is 5.91 Å². The fourth-order valence-electron chi connectivity index (χ4n) is 3.35. The number of para-hydroxylation sites is 2.